The highest BCUT2D eigenvalue weighted by Crippen LogP contribution is 2.37. The number of benzene rings is 2. The van der Waals surface area contributed by atoms with E-state index in [9.17, 15) is 31.2 Å². The molecule has 4 rings (SSSR count). The molecule has 0 saturated heterocycles. The lowest BCUT2D eigenvalue weighted by Crippen LogP contribution is -2.28. The van der Waals surface area contributed by atoms with E-state index in [-0.39, 0.29) is 34.0 Å². The Balaban J connectivity index is 1.83. The number of pyridine rings is 1. The first-order valence-electron chi connectivity index (χ1n) is 12.6. The van der Waals surface area contributed by atoms with Crippen LogP contribution >= 0.6 is 11.6 Å². The van der Waals surface area contributed by atoms with Gasteiger partial charge >= 0.3 is 15.6 Å². The maximum absolute atomic E-state index is 13.2. The van der Waals surface area contributed by atoms with Crippen molar-refractivity contribution in [1.29, 1.82) is 0 Å². The number of aldehydes is 1. The van der Waals surface area contributed by atoms with E-state index in [1.165, 1.54) is 12.1 Å². The first kappa shape index (κ1) is 31.0. The predicted octanol–water partition coefficient (Wildman–Crippen LogP) is 7.46. The number of fused-ring (bicyclic) bond motifs is 1. The molecule has 2 heterocycles. The van der Waals surface area contributed by atoms with Gasteiger partial charge in [0.2, 0.25) is 0 Å². The van der Waals surface area contributed by atoms with Gasteiger partial charge in [-0.3, -0.25) is 9.59 Å². The number of anilines is 1. The highest BCUT2D eigenvalue weighted by Gasteiger charge is 2.48. The monoisotopic (exact) mass is 622 g/mol. The molecule has 2 aromatic heterocycles. The second-order valence-corrected chi connectivity index (χ2v) is 12.0. The largest absolute Gasteiger partial charge is 0.534 e. The maximum atomic E-state index is 13.2. The van der Waals surface area contributed by atoms with Crippen molar-refractivity contribution in [2.24, 2.45) is 0 Å². The normalized spacial score (nSPS) is 12.9. The molecule has 8 nitrogen and oxygen atoms in total. The van der Waals surface area contributed by atoms with Crippen molar-refractivity contribution in [2.75, 3.05) is 5.32 Å². The van der Waals surface area contributed by atoms with Gasteiger partial charge in [-0.25, -0.2) is 4.98 Å². The minimum atomic E-state index is -6.05. The number of hydrogen-bond donors (Lipinski definition) is 1. The molecule has 0 radical (unpaired) electrons. The summed E-state index contributed by atoms with van der Waals surface area (Å²) < 4.78 is 72.8. The van der Waals surface area contributed by atoms with Gasteiger partial charge in [0, 0.05) is 22.6 Å². The third-order valence-corrected chi connectivity index (χ3v) is 7.73. The number of rotatable bonds is 8. The summed E-state index contributed by atoms with van der Waals surface area (Å²) in [7, 11) is -6.05. The van der Waals surface area contributed by atoms with Crippen LogP contribution in [0.1, 0.15) is 65.5 Å². The average molecular weight is 623 g/mol. The molecule has 1 atom stereocenters. The van der Waals surface area contributed by atoms with E-state index in [1.807, 2.05) is 33.8 Å². The van der Waals surface area contributed by atoms with E-state index < -0.39 is 33.0 Å². The van der Waals surface area contributed by atoms with Gasteiger partial charge in [-0.2, -0.15) is 21.6 Å². The summed E-state index contributed by atoms with van der Waals surface area (Å²) in [6.07, 6.45) is 0.168. The van der Waals surface area contributed by atoms with Crippen LogP contribution in [0.5, 0.6) is 5.75 Å². The van der Waals surface area contributed by atoms with Crippen LogP contribution in [0.15, 0.2) is 51.7 Å². The Bertz CT molecular complexity index is 1870. The Morgan fingerprint density at radius 3 is 2.38 bits per heavy atom. The lowest BCUT2D eigenvalue weighted by atomic mass is 9.98. The molecule has 13 heteroatoms. The lowest BCUT2D eigenvalue weighted by Gasteiger charge is -2.21. The third-order valence-electron chi connectivity index (χ3n) is 6.55. The Kier molecular flexibility index (Phi) is 8.43. The number of aryl methyl sites for hydroxylation is 1. The number of carbonyl (C=O) groups excluding carboxylic acids is 1. The van der Waals surface area contributed by atoms with Crippen molar-refractivity contribution in [3.8, 4) is 17.0 Å². The van der Waals surface area contributed by atoms with E-state index in [2.05, 4.69) is 14.5 Å². The molecule has 0 fully saturated rings. The highest BCUT2D eigenvalue weighted by molar-refractivity contribution is 7.88. The van der Waals surface area contributed by atoms with Crippen molar-refractivity contribution in [3.63, 3.8) is 0 Å². The molecule has 0 saturated carbocycles. The van der Waals surface area contributed by atoms with Gasteiger partial charge in [-0.1, -0.05) is 37.6 Å². The number of nitrogens with zero attached hydrogens (tertiary/aromatic N) is 1. The Morgan fingerprint density at radius 2 is 1.76 bits per heavy atom. The van der Waals surface area contributed by atoms with Crippen molar-refractivity contribution in [3.05, 3.63) is 85.9 Å². The van der Waals surface area contributed by atoms with Crippen LogP contribution in [-0.4, -0.2) is 25.2 Å². The van der Waals surface area contributed by atoms with Crippen molar-refractivity contribution < 1.29 is 35.0 Å². The van der Waals surface area contributed by atoms with Gasteiger partial charge < -0.3 is 13.9 Å². The fraction of sp³-hybridized carbons (Fsp3) is 0.276. The standard InChI is InChI=1S/C29H26ClF3N2O6S/c1-14(2)27-16(4)26(37)21-11-15(3)10-20(28(21)40-27)17(5)34-22-8-9-24(30)35-25(22)18-6-7-19(13-36)23(12-18)41-42(38,39)29(31,32)33/h6-14,17,34H,1-5H3. The fourth-order valence-corrected chi connectivity index (χ4v) is 5.18. The zero-order valence-electron chi connectivity index (χ0n) is 23.1. The summed E-state index contributed by atoms with van der Waals surface area (Å²) in [6.45, 7) is 9.24. The number of halogens is 4. The molecule has 0 amide bonds. The minimum Gasteiger partial charge on any atom is -0.460 e. The Hall–Kier alpha value is -3.90. The summed E-state index contributed by atoms with van der Waals surface area (Å²) in [5.74, 6) is -0.308. The zero-order chi connectivity index (χ0) is 31.1. The smallest absolute Gasteiger partial charge is 0.460 e. The minimum absolute atomic E-state index is 0.0390. The molecule has 0 bridgehead atoms. The first-order valence-corrected chi connectivity index (χ1v) is 14.4. The van der Waals surface area contributed by atoms with Crippen LogP contribution in [0.25, 0.3) is 22.2 Å². The molecule has 4 aromatic rings. The van der Waals surface area contributed by atoms with Gasteiger partial charge in [0.15, 0.2) is 17.5 Å². The van der Waals surface area contributed by atoms with Crippen molar-refractivity contribution in [1.82, 2.24) is 4.98 Å². The SMILES string of the molecule is Cc1cc(C(C)Nc2ccc(Cl)nc2-c2ccc(C=O)c(OS(=O)(=O)C(F)(F)F)c2)c2oc(C(C)C)c(C)c(=O)c2c1. The van der Waals surface area contributed by atoms with Gasteiger partial charge in [-0.05, 0) is 56.7 Å². The van der Waals surface area contributed by atoms with Gasteiger partial charge in [0.25, 0.3) is 0 Å². The summed E-state index contributed by atoms with van der Waals surface area (Å²) in [6, 6.07) is 9.64. The number of nitrogens with one attached hydrogen (secondary N) is 1. The van der Waals surface area contributed by atoms with Crippen molar-refractivity contribution in [2.45, 2.75) is 52.1 Å². The van der Waals surface area contributed by atoms with E-state index in [0.29, 0.717) is 33.5 Å². The predicted molar refractivity (Wildman–Crippen MR) is 154 cm³/mol. The molecule has 1 N–H and O–H groups in total. The average Bonchev–Trinajstić information content (AvgIpc) is 2.90. The first-order chi connectivity index (χ1) is 19.5. The number of hydrogen-bond acceptors (Lipinski definition) is 8. The Labute approximate surface area is 244 Å². The fourth-order valence-electron chi connectivity index (χ4n) is 4.56. The highest BCUT2D eigenvalue weighted by atomic mass is 35.5. The Morgan fingerprint density at radius 1 is 1.07 bits per heavy atom. The molecule has 2 aromatic carbocycles. The molecule has 0 spiro atoms. The third kappa shape index (κ3) is 6.00. The van der Waals surface area contributed by atoms with Gasteiger partial charge in [-0.15, -0.1) is 0 Å². The van der Waals surface area contributed by atoms with Crippen LogP contribution in [-0.2, 0) is 10.1 Å². The van der Waals surface area contributed by atoms with Gasteiger partial charge in [0.1, 0.15) is 16.5 Å². The van der Waals surface area contributed by atoms with Crippen molar-refractivity contribution >= 4 is 44.7 Å². The molecule has 0 aliphatic carbocycles. The molecular formula is C29H26ClF3N2O6S. The summed E-state index contributed by atoms with van der Waals surface area (Å²) in [5.41, 5.74) is -3.22. The summed E-state index contributed by atoms with van der Waals surface area (Å²) in [4.78, 5) is 28.9. The molecule has 0 aliphatic rings. The molecule has 42 heavy (non-hydrogen) atoms. The summed E-state index contributed by atoms with van der Waals surface area (Å²) >= 11 is 6.14. The lowest BCUT2D eigenvalue weighted by molar-refractivity contribution is -0.0500. The number of alkyl halides is 3. The van der Waals surface area contributed by atoms with Crippen LogP contribution in [0.4, 0.5) is 18.9 Å². The summed E-state index contributed by atoms with van der Waals surface area (Å²) in [5, 5.41) is 3.75. The second kappa shape index (κ2) is 11.4. The van der Waals surface area contributed by atoms with Crippen LogP contribution < -0.4 is 14.9 Å². The quantitative estimate of drug-likeness (QED) is 0.0931. The van der Waals surface area contributed by atoms with E-state index in [0.717, 1.165) is 17.7 Å². The molecule has 1 unspecified atom stereocenters. The van der Waals surface area contributed by atoms with Gasteiger partial charge in [0.05, 0.1) is 28.4 Å². The van der Waals surface area contributed by atoms with Crippen LogP contribution in [0.3, 0.4) is 0 Å². The maximum Gasteiger partial charge on any atom is 0.534 e. The second-order valence-electron chi connectivity index (χ2n) is 10.1. The zero-order valence-corrected chi connectivity index (χ0v) is 24.7. The van der Waals surface area contributed by atoms with E-state index in [4.69, 9.17) is 16.0 Å². The van der Waals surface area contributed by atoms with E-state index in [1.54, 1.807) is 19.1 Å². The van der Waals surface area contributed by atoms with E-state index >= 15 is 0 Å². The molecular weight excluding hydrogens is 597 g/mol. The number of aromatic nitrogens is 1. The molecule has 222 valence electrons. The molecule has 0 aliphatic heterocycles. The van der Waals surface area contributed by atoms with Crippen LogP contribution in [0.2, 0.25) is 5.15 Å². The van der Waals surface area contributed by atoms with Crippen LogP contribution in [0, 0.1) is 13.8 Å². The topological polar surface area (TPSA) is 116 Å². The number of carbonyl (C=O) groups is 1.